The smallest absolute Gasteiger partial charge is 0.244 e. The molecular formula is C18H23N3OS. The Hall–Kier alpha value is -1.98. The van der Waals surface area contributed by atoms with E-state index in [0.717, 1.165) is 5.69 Å². The van der Waals surface area contributed by atoms with Crippen LogP contribution in [0.25, 0.3) is 6.08 Å². The van der Waals surface area contributed by atoms with Crippen LogP contribution in [0.5, 0.6) is 0 Å². The fourth-order valence-electron chi connectivity index (χ4n) is 2.29. The second-order valence-corrected chi connectivity index (χ2v) is 6.84. The first-order valence-electron chi connectivity index (χ1n) is 7.63. The van der Waals surface area contributed by atoms with E-state index >= 15 is 0 Å². The Bertz CT molecular complexity index is 636. The van der Waals surface area contributed by atoms with E-state index in [1.54, 1.807) is 11.6 Å². The maximum absolute atomic E-state index is 11.9. The van der Waals surface area contributed by atoms with E-state index in [2.05, 4.69) is 48.5 Å². The predicted octanol–water partition coefficient (Wildman–Crippen LogP) is 3.40. The first kappa shape index (κ1) is 17.4. The molecule has 2 aromatic rings. The van der Waals surface area contributed by atoms with Crippen molar-refractivity contribution >= 4 is 23.3 Å². The van der Waals surface area contributed by atoms with Gasteiger partial charge in [-0.05, 0) is 32.4 Å². The molecule has 0 saturated carbocycles. The van der Waals surface area contributed by atoms with Gasteiger partial charge in [0.05, 0.1) is 11.2 Å². The highest BCUT2D eigenvalue weighted by Gasteiger charge is 2.21. The quantitative estimate of drug-likeness (QED) is 0.766. The Labute approximate surface area is 141 Å². The molecule has 0 aliphatic heterocycles. The van der Waals surface area contributed by atoms with E-state index in [1.807, 2.05) is 23.6 Å². The summed E-state index contributed by atoms with van der Waals surface area (Å²) in [4.78, 5) is 16.0. The van der Waals surface area contributed by atoms with Crippen molar-refractivity contribution in [3.05, 3.63) is 58.6 Å². The predicted molar refractivity (Wildman–Crippen MR) is 96.2 cm³/mol. The van der Waals surface area contributed by atoms with E-state index in [4.69, 9.17) is 0 Å². The van der Waals surface area contributed by atoms with Gasteiger partial charge in [-0.2, -0.15) is 0 Å². The summed E-state index contributed by atoms with van der Waals surface area (Å²) < 4.78 is 0. The van der Waals surface area contributed by atoms with Crippen molar-refractivity contribution in [2.24, 2.45) is 0 Å². The van der Waals surface area contributed by atoms with E-state index < -0.39 is 0 Å². The molecule has 1 amide bonds. The molecule has 1 heterocycles. The highest BCUT2D eigenvalue weighted by Crippen LogP contribution is 2.15. The molecule has 0 fully saturated rings. The van der Waals surface area contributed by atoms with Crippen molar-refractivity contribution in [2.45, 2.75) is 32.4 Å². The van der Waals surface area contributed by atoms with Crippen LogP contribution in [0.2, 0.25) is 0 Å². The molecule has 2 N–H and O–H groups in total. The minimum absolute atomic E-state index is 0.111. The first-order valence-corrected chi connectivity index (χ1v) is 8.57. The van der Waals surface area contributed by atoms with Crippen molar-refractivity contribution in [3.63, 3.8) is 0 Å². The number of nitrogens with one attached hydrogen (secondary N) is 2. The summed E-state index contributed by atoms with van der Waals surface area (Å²) >= 11 is 1.51. The minimum Gasteiger partial charge on any atom is -0.351 e. The van der Waals surface area contributed by atoms with Crippen LogP contribution in [0.4, 0.5) is 0 Å². The molecule has 122 valence electrons. The van der Waals surface area contributed by atoms with Crippen molar-refractivity contribution in [1.82, 2.24) is 15.6 Å². The first-order chi connectivity index (χ1) is 11.0. The molecule has 2 rings (SSSR count). The topological polar surface area (TPSA) is 54.0 Å². The van der Waals surface area contributed by atoms with Gasteiger partial charge in [0.25, 0.3) is 0 Å². The number of benzene rings is 1. The summed E-state index contributed by atoms with van der Waals surface area (Å²) in [5.74, 6) is -0.111. The van der Waals surface area contributed by atoms with Gasteiger partial charge in [0.2, 0.25) is 5.91 Å². The van der Waals surface area contributed by atoms with Crippen molar-refractivity contribution in [3.8, 4) is 0 Å². The number of carbonyl (C=O) groups is 1. The van der Waals surface area contributed by atoms with Crippen LogP contribution in [0.1, 0.15) is 38.1 Å². The Balaban J connectivity index is 1.82. The van der Waals surface area contributed by atoms with E-state index in [-0.39, 0.29) is 17.5 Å². The van der Waals surface area contributed by atoms with Crippen LogP contribution in [-0.2, 0) is 4.79 Å². The third-order valence-electron chi connectivity index (χ3n) is 3.47. The van der Waals surface area contributed by atoms with Crippen molar-refractivity contribution in [1.29, 1.82) is 0 Å². The number of rotatable bonds is 7. The third kappa shape index (κ3) is 5.96. The van der Waals surface area contributed by atoms with E-state index in [0.29, 0.717) is 6.54 Å². The molecule has 23 heavy (non-hydrogen) atoms. The van der Waals surface area contributed by atoms with Gasteiger partial charge in [-0.15, -0.1) is 11.3 Å². The van der Waals surface area contributed by atoms with Gasteiger partial charge in [-0.25, -0.2) is 4.98 Å². The lowest BCUT2D eigenvalue weighted by molar-refractivity contribution is -0.116. The summed E-state index contributed by atoms with van der Waals surface area (Å²) in [6, 6.07) is 10.5. The number of thiazole rings is 1. The Morgan fingerprint density at radius 2 is 2.09 bits per heavy atom. The monoisotopic (exact) mass is 329 g/mol. The zero-order valence-electron chi connectivity index (χ0n) is 13.7. The van der Waals surface area contributed by atoms with Gasteiger partial charge in [-0.1, -0.05) is 30.3 Å². The minimum atomic E-state index is -0.209. The summed E-state index contributed by atoms with van der Waals surface area (Å²) in [5, 5.41) is 8.38. The van der Waals surface area contributed by atoms with Crippen LogP contribution in [0.15, 0.2) is 47.3 Å². The van der Waals surface area contributed by atoms with E-state index in [1.165, 1.54) is 23.0 Å². The maximum atomic E-state index is 11.9. The molecule has 1 aromatic heterocycles. The summed E-state index contributed by atoms with van der Waals surface area (Å²) in [6.45, 7) is 6.83. The fraction of sp³-hybridized carbons (Fsp3) is 0.333. The second kappa shape index (κ2) is 8.04. The molecule has 0 spiro atoms. The highest BCUT2D eigenvalue weighted by atomic mass is 32.1. The van der Waals surface area contributed by atoms with Crippen molar-refractivity contribution < 1.29 is 4.79 Å². The van der Waals surface area contributed by atoms with Gasteiger partial charge in [0, 0.05) is 29.6 Å². The van der Waals surface area contributed by atoms with Gasteiger partial charge in [0.15, 0.2) is 0 Å². The molecule has 4 nitrogen and oxygen atoms in total. The lowest BCUT2D eigenvalue weighted by Crippen LogP contribution is -2.49. The molecular weight excluding hydrogens is 306 g/mol. The summed E-state index contributed by atoms with van der Waals surface area (Å²) in [5.41, 5.74) is 3.57. The molecule has 1 aromatic carbocycles. The van der Waals surface area contributed by atoms with E-state index in [9.17, 15) is 4.79 Å². The molecule has 0 aliphatic rings. The number of amides is 1. The van der Waals surface area contributed by atoms with Crippen molar-refractivity contribution in [2.75, 3.05) is 6.54 Å². The molecule has 0 bridgehead atoms. The van der Waals surface area contributed by atoms with Gasteiger partial charge < -0.3 is 10.6 Å². The van der Waals surface area contributed by atoms with Gasteiger partial charge in [-0.3, -0.25) is 4.79 Å². The fourth-order valence-corrected chi connectivity index (χ4v) is 2.82. The van der Waals surface area contributed by atoms with Crippen LogP contribution in [-0.4, -0.2) is 23.0 Å². The second-order valence-electron chi connectivity index (χ2n) is 6.13. The lowest BCUT2D eigenvalue weighted by Gasteiger charge is -2.30. The highest BCUT2D eigenvalue weighted by molar-refractivity contribution is 7.07. The normalized spacial score (nSPS) is 13.2. The molecule has 0 saturated heterocycles. The maximum Gasteiger partial charge on any atom is 0.244 e. The van der Waals surface area contributed by atoms with Gasteiger partial charge >= 0.3 is 0 Å². The zero-order valence-corrected chi connectivity index (χ0v) is 14.6. The summed E-state index contributed by atoms with van der Waals surface area (Å²) in [6.07, 6.45) is 3.24. The number of hydrogen-bond acceptors (Lipinski definition) is 4. The van der Waals surface area contributed by atoms with Crippen LogP contribution >= 0.6 is 11.3 Å². The Morgan fingerprint density at radius 3 is 2.74 bits per heavy atom. The SMILES string of the molecule is C[C@@H](NC(C)(C)CNC(=O)/C=C/c1cscn1)c1ccccc1. The molecule has 1 atom stereocenters. The zero-order chi connectivity index (χ0) is 16.7. The summed E-state index contributed by atoms with van der Waals surface area (Å²) in [7, 11) is 0. The number of aromatic nitrogens is 1. The average Bonchev–Trinajstić information content (AvgIpc) is 3.05. The molecule has 5 heteroatoms. The number of nitrogens with zero attached hydrogens (tertiary/aromatic N) is 1. The van der Waals surface area contributed by atoms with Gasteiger partial charge in [0.1, 0.15) is 0 Å². The molecule has 0 unspecified atom stereocenters. The standard InChI is InChI=1S/C18H23N3OS/c1-14(15-7-5-4-6-8-15)21-18(2,3)12-19-17(22)10-9-16-11-23-13-20-16/h4-11,13-14,21H,12H2,1-3H3,(H,19,22)/b10-9+/t14-/m1/s1. The molecule has 0 radical (unpaired) electrons. The third-order valence-corrected chi connectivity index (χ3v) is 4.07. The van der Waals surface area contributed by atoms with Crippen LogP contribution < -0.4 is 10.6 Å². The van der Waals surface area contributed by atoms with Crippen LogP contribution in [0.3, 0.4) is 0 Å². The number of carbonyl (C=O) groups excluding carboxylic acids is 1. The Morgan fingerprint density at radius 1 is 1.35 bits per heavy atom. The van der Waals surface area contributed by atoms with Crippen LogP contribution in [0, 0.1) is 0 Å². The average molecular weight is 329 g/mol. The molecule has 0 aliphatic carbocycles. The largest absolute Gasteiger partial charge is 0.351 e. The number of hydrogen-bond donors (Lipinski definition) is 2. The Kier molecular flexibility index (Phi) is 6.07. The lowest BCUT2D eigenvalue weighted by atomic mass is 10.0.